The molecule has 0 radical (unpaired) electrons. The summed E-state index contributed by atoms with van der Waals surface area (Å²) in [6.45, 7) is 3.74. The normalized spacial score (nSPS) is 11.1. The summed E-state index contributed by atoms with van der Waals surface area (Å²) in [4.78, 5) is 4.54. The molecule has 7 heteroatoms. The SMILES string of the molecule is COCCCCN=C(NCCOC)NCCc1ccco1.I. The van der Waals surface area contributed by atoms with Gasteiger partial charge in [0.2, 0.25) is 0 Å². The molecule has 1 heterocycles. The summed E-state index contributed by atoms with van der Waals surface area (Å²) in [6.07, 6.45) is 4.57. The van der Waals surface area contributed by atoms with E-state index in [-0.39, 0.29) is 24.0 Å². The van der Waals surface area contributed by atoms with Gasteiger partial charge in [-0.2, -0.15) is 0 Å². The summed E-state index contributed by atoms with van der Waals surface area (Å²) < 4.78 is 15.4. The number of halogens is 1. The zero-order valence-corrected chi connectivity index (χ0v) is 15.8. The van der Waals surface area contributed by atoms with Gasteiger partial charge in [0.05, 0.1) is 12.9 Å². The topological polar surface area (TPSA) is 68.0 Å². The molecule has 0 bridgehead atoms. The minimum absolute atomic E-state index is 0. The summed E-state index contributed by atoms with van der Waals surface area (Å²) in [5, 5.41) is 6.54. The van der Waals surface area contributed by atoms with Crippen LogP contribution in [0, 0.1) is 0 Å². The first-order valence-corrected chi connectivity index (χ1v) is 7.39. The lowest BCUT2D eigenvalue weighted by molar-refractivity contribution is 0.193. The molecule has 0 saturated carbocycles. The number of rotatable bonds is 11. The van der Waals surface area contributed by atoms with Crippen molar-refractivity contribution in [2.45, 2.75) is 19.3 Å². The Morgan fingerprint density at radius 3 is 2.59 bits per heavy atom. The van der Waals surface area contributed by atoms with Crippen molar-refractivity contribution in [1.29, 1.82) is 0 Å². The first kappa shape index (κ1) is 21.2. The molecular formula is C15H28IN3O3. The monoisotopic (exact) mass is 425 g/mol. The van der Waals surface area contributed by atoms with Crippen LogP contribution in [-0.4, -0.2) is 53.0 Å². The lowest BCUT2D eigenvalue weighted by Gasteiger charge is -2.12. The van der Waals surface area contributed by atoms with Gasteiger partial charge in [0, 0.05) is 46.9 Å². The molecule has 22 heavy (non-hydrogen) atoms. The van der Waals surface area contributed by atoms with E-state index in [1.165, 1.54) is 0 Å². The number of guanidine groups is 1. The molecule has 6 nitrogen and oxygen atoms in total. The van der Waals surface area contributed by atoms with E-state index in [1.807, 2.05) is 12.1 Å². The highest BCUT2D eigenvalue weighted by atomic mass is 127. The smallest absolute Gasteiger partial charge is 0.191 e. The van der Waals surface area contributed by atoms with Gasteiger partial charge < -0.3 is 24.5 Å². The van der Waals surface area contributed by atoms with Crippen molar-refractivity contribution < 1.29 is 13.9 Å². The molecule has 0 saturated heterocycles. The summed E-state index contributed by atoms with van der Waals surface area (Å²) in [5.74, 6) is 1.79. The third-order valence-corrected chi connectivity index (χ3v) is 2.87. The Labute approximate surface area is 150 Å². The Kier molecular flexibility index (Phi) is 14.6. The molecule has 1 aromatic heterocycles. The van der Waals surface area contributed by atoms with Crippen molar-refractivity contribution in [3.8, 4) is 0 Å². The van der Waals surface area contributed by atoms with Gasteiger partial charge in [0.1, 0.15) is 5.76 Å². The maximum atomic E-state index is 5.31. The summed E-state index contributed by atoms with van der Waals surface area (Å²) in [5.41, 5.74) is 0. The molecular weight excluding hydrogens is 397 g/mol. The van der Waals surface area contributed by atoms with E-state index in [0.29, 0.717) is 6.61 Å². The van der Waals surface area contributed by atoms with Gasteiger partial charge in [-0.05, 0) is 25.0 Å². The molecule has 0 aliphatic rings. The van der Waals surface area contributed by atoms with Crippen molar-refractivity contribution >= 4 is 29.9 Å². The molecule has 0 aromatic carbocycles. The molecule has 0 fully saturated rings. The maximum absolute atomic E-state index is 5.31. The number of methoxy groups -OCH3 is 2. The second-order valence-electron chi connectivity index (χ2n) is 4.61. The molecule has 0 aliphatic heterocycles. The largest absolute Gasteiger partial charge is 0.469 e. The number of aliphatic imine (C=N–C) groups is 1. The fourth-order valence-corrected chi connectivity index (χ4v) is 1.75. The van der Waals surface area contributed by atoms with Gasteiger partial charge in [-0.15, -0.1) is 24.0 Å². The summed E-state index contributed by atoms with van der Waals surface area (Å²) in [7, 11) is 3.41. The zero-order chi connectivity index (χ0) is 15.2. The quantitative estimate of drug-likeness (QED) is 0.246. The third-order valence-electron chi connectivity index (χ3n) is 2.87. The van der Waals surface area contributed by atoms with Crippen molar-refractivity contribution in [1.82, 2.24) is 10.6 Å². The number of furan rings is 1. The average Bonchev–Trinajstić information content (AvgIpc) is 3.00. The number of hydrogen-bond acceptors (Lipinski definition) is 4. The van der Waals surface area contributed by atoms with Crippen molar-refractivity contribution in [2.24, 2.45) is 4.99 Å². The minimum Gasteiger partial charge on any atom is -0.469 e. The van der Waals surface area contributed by atoms with Crippen LogP contribution in [0.25, 0.3) is 0 Å². The van der Waals surface area contributed by atoms with Crippen LogP contribution in [0.3, 0.4) is 0 Å². The highest BCUT2D eigenvalue weighted by molar-refractivity contribution is 14.0. The van der Waals surface area contributed by atoms with Crippen molar-refractivity contribution in [3.63, 3.8) is 0 Å². The van der Waals surface area contributed by atoms with Crippen LogP contribution in [0.5, 0.6) is 0 Å². The Morgan fingerprint density at radius 2 is 1.91 bits per heavy atom. The lowest BCUT2D eigenvalue weighted by atomic mass is 10.3. The van der Waals surface area contributed by atoms with E-state index in [0.717, 1.165) is 57.2 Å². The highest BCUT2D eigenvalue weighted by Gasteiger charge is 2.00. The highest BCUT2D eigenvalue weighted by Crippen LogP contribution is 1.99. The molecule has 128 valence electrons. The third kappa shape index (κ3) is 10.9. The number of hydrogen-bond donors (Lipinski definition) is 2. The van der Waals surface area contributed by atoms with E-state index in [4.69, 9.17) is 13.9 Å². The first-order valence-electron chi connectivity index (χ1n) is 7.39. The molecule has 0 amide bonds. The van der Waals surface area contributed by atoms with Crippen molar-refractivity contribution in [3.05, 3.63) is 24.2 Å². The van der Waals surface area contributed by atoms with Crippen LogP contribution < -0.4 is 10.6 Å². The minimum atomic E-state index is 0. The number of nitrogens with zero attached hydrogens (tertiary/aromatic N) is 1. The predicted molar refractivity (Wildman–Crippen MR) is 99.1 cm³/mol. The fourth-order valence-electron chi connectivity index (χ4n) is 1.75. The van der Waals surface area contributed by atoms with Crippen LogP contribution in [0.1, 0.15) is 18.6 Å². The van der Waals surface area contributed by atoms with E-state index < -0.39 is 0 Å². The molecule has 0 aliphatic carbocycles. The van der Waals surface area contributed by atoms with Crippen molar-refractivity contribution in [2.75, 3.05) is 47.1 Å². The number of ether oxygens (including phenoxy) is 2. The van der Waals surface area contributed by atoms with Crippen LogP contribution in [-0.2, 0) is 15.9 Å². The zero-order valence-electron chi connectivity index (χ0n) is 13.5. The first-order chi connectivity index (χ1) is 10.4. The van der Waals surface area contributed by atoms with E-state index >= 15 is 0 Å². The molecule has 1 rings (SSSR count). The van der Waals surface area contributed by atoms with E-state index in [2.05, 4.69) is 15.6 Å². The molecule has 2 N–H and O–H groups in total. The van der Waals surface area contributed by atoms with Crippen LogP contribution in [0.4, 0.5) is 0 Å². The van der Waals surface area contributed by atoms with Crippen LogP contribution in [0.15, 0.2) is 27.8 Å². The number of nitrogens with one attached hydrogen (secondary N) is 2. The molecule has 0 spiro atoms. The Bertz CT molecular complexity index is 372. The lowest BCUT2D eigenvalue weighted by Crippen LogP contribution is -2.40. The standard InChI is InChI=1S/C15H27N3O3.HI/c1-19-11-4-3-8-16-15(18-10-13-20-2)17-9-7-14-6-5-12-21-14;/h5-6,12H,3-4,7-11,13H2,1-2H3,(H2,16,17,18);1H. The number of unbranched alkanes of at least 4 members (excludes halogenated alkanes) is 1. The average molecular weight is 425 g/mol. The van der Waals surface area contributed by atoms with Gasteiger partial charge in [-0.1, -0.05) is 0 Å². The van der Waals surface area contributed by atoms with Gasteiger partial charge in [-0.3, -0.25) is 4.99 Å². The van der Waals surface area contributed by atoms with Gasteiger partial charge in [0.15, 0.2) is 5.96 Å². The molecule has 1 aromatic rings. The molecule has 0 atom stereocenters. The summed E-state index contributed by atoms with van der Waals surface area (Å²) >= 11 is 0. The van der Waals surface area contributed by atoms with Gasteiger partial charge >= 0.3 is 0 Å². The fraction of sp³-hybridized carbons (Fsp3) is 0.667. The van der Waals surface area contributed by atoms with Gasteiger partial charge in [0.25, 0.3) is 0 Å². The molecule has 0 unspecified atom stereocenters. The van der Waals surface area contributed by atoms with E-state index in [9.17, 15) is 0 Å². The summed E-state index contributed by atoms with van der Waals surface area (Å²) in [6, 6.07) is 3.87. The van der Waals surface area contributed by atoms with Gasteiger partial charge in [-0.25, -0.2) is 0 Å². The Morgan fingerprint density at radius 1 is 1.14 bits per heavy atom. The second-order valence-corrected chi connectivity index (χ2v) is 4.61. The van der Waals surface area contributed by atoms with Crippen LogP contribution in [0.2, 0.25) is 0 Å². The van der Waals surface area contributed by atoms with Crippen LogP contribution >= 0.6 is 24.0 Å². The predicted octanol–water partition coefficient (Wildman–Crippen LogP) is 2.05. The second kappa shape index (κ2) is 15.1. The Balaban J connectivity index is 0.00000441. The van der Waals surface area contributed by atoms with E-state index in [1.54, 1.807) is 20.5 Å². The Hall–Kier alpha value is -0.800. The maximum Gasteiger partial charge on any atom is 0.191 e.